The summed E-state index contributed by atoms with van der Waals surface area (Å²) in [5.74, 6) is -1.13. The number of nitrogens with one attached hydrogen (secondary N) is 2. The third-order valence-corrected chi connectivity index (χ3v) is 4.52. The number of methoxy groups -OCH3 is 1. The SMILES string of the molecule is COC(CNC(=O)Nc1ccc(I)c(Br)c1)C(=O)O. The number of halogens is 2. The van der Waals surface area contributed by atoms with E-state index in [4.69, 9.17) is 9.84 Å². The van der Waals surface area contributed by atoms with E-state index in [-0.39, 0.29) is 6.54 Å². The van der Waals surface area contributed by atoms with Crippen LogP contribution in [0.4, 0.5) is 10.5 Å². The number of carbonyl (C=O) groups excluding carboxylic acids is 1. The molecule has 0 aliphatic rings. The van der Waals surface area contributed by atoms with Crippen LogP contribution in [0.5, 0.6) is 0 Å². The first-order valence-electron chi connectivity index (χ1n) is 5.19. The number of hydrogen-bond acceptors (Lipinski definition) is 3. The molecule has 0 aliphatic carbocycles. The molecule has 1 atom stereocenters. The maximum Gasteiger partial charge on any atom is 0.334 e. The first-order chi connectivity index (χ1) is 8.93. The summed E-state index contributed by atoms with van der Waals surface area (Å²) in [6.07, 6.45) is -1.06. The van der Waals surface area contributed by atoms with Crippen molar-refractivity contribution in [1.29, 1.82) is 0 Å². The predicted molar refractivity (Wildman–Crippen MR) is 82.3 cm³/mol. The minimum Gasteiger partial charge on any atom is -0.479 e. The summed E-state index contributed by atoms with van der Waals surface area (Å²) in [7, 11) is 1.27. The van der Waals surface area contributed by atoms with E-state index in [0.717, 1.165) is 8.04 Å². The summed E-state index contributed by atoms with van der Waals surface area (Å²) >= 11 is 5.51. The van der Waals surface area contributed by atoms with Crippen molar-refractivity contribution in [3.05, 3.63) is 26.2 Å². The molecule has 104 valence electrons. The number of aliphatic carboxylic acids is 1. The van der Waals surface area contributed by atoms with Gasteiger partial charge in [-0.25, -0.2) is 9.59 Å². The maximum absolute atomic E-state index is 11.6. The molecule has 0 aromatic heterocycles. The number of hydrogen-bond donors (Lipinski definition) is 3. The zero-order valence-corrected chi connectivity index (χ0v) is 13.7. The molecular weight excluding hydrogens is 431 g/mol. The van der Waals surface area contributed by atoms with Gasteiger partial charge in [-0.3, -0.25) is 0 Å². The summed E-state index contributed by atoms with van der Waals surface area (Å²) in [5, 5.41) is 13.8. The summed E-state index contributed by atoms with van der Waals surface area (Å²) in [4.78, 5) is 22.2. The number of ether oxygens (including phenoxy) is 1. The Kier molecular flexibility index (Phi) is 6.52. The van der Waals surface area contributed by atoms with Crippen LogP contribution < -0.4 is 10.6 Å². The molecule has 0 fully saturated rings. The van der Waals surface area contributed by atoms with Crippen molar-refractivity contribution in [2.75, 3.05) is 19.0 Å². The Hall–Kier alpha value is -0.870. The van der Waals surface area contributed by atoms with Gasteiger partial charge in [-0.1, -0.05) is 0 Å². The van der Waals surface area contributed by atoms with Gasteiger partial charge < -0.3 is 20.5 Å². The van der Waals surface area contributed by atoms with Gasteiger partial charge in [-0.05, 0) is 56.7 Å². The van der Waals surface area contributed by atoms with Crippen molar-refractivity contribution in [2.45, 2.75) is 6.10 Å². The van der Waals surface area contributed by atoms with Gasteiger partial charge in [-0.2, -0.15) is 0 Å². The standard InChI is InChI=1S/C11H12BrIN2O4/c1-19-9(10(16)17)5-14-11(18)15-6-2-3-8(13)7(12)4-6/h2-4,9H,5H2,1H3,(H,16,17)(H2,14,15,18). The molecule has 19 heavy (non-hydrogen) atoms. The van der Waals surface area contributed by atoms with E-state index in [1.807, 2.05) is 6.07 Å². The Balaban J connectivity index is 2.51. The lowest BCUT2D eigenvalue weighted by molar-refractivity contribution is -0.147. The van der Waals surface area contributed by atoms with E-state index in [9.17, 15) is 9.59 Å². The van der Waals surface area contributed by atoms with Crippen molar-refractivity contribution in [3.63, 3.8) is 0 Å². The quantitative estimate of drug-likeness (QED) is 0.610. The number of carbonyl (C=O) groups is 2. The molecule has 0 saturated carbocycles. The van der Waals surface area contributed by atoms with E-state index < -0.39 is 18.1 Å². The fraction of sp³-hybridized carbons (Fsp3) is 0.273. The summed E-state index contributed by atoms with van der Waals surface area (Å²) in [6, 6.07) is 4.86. The third kappa shape index (κ3) is 5.33. The molecule has 1 unspecified atom stereocenters. The molecule has 2 amide bonds. The zero-order valence-electron chi connectivity index (χ0n) is 9.94. The molecule has 0 aliphatic heterocycles. The largest absolute Gasteiger partial charge is 0.479 e. The highest BCUT2D eigenvalue weighted by atomic mass is 127. The molecule has 8 heteroatoms. The monoisotopic (exact) mass is 442 g/mol. The first kappa shape index (κ1) is 16.2. The number of rotatable bonds is 5. The zero-order chi connectivity index (χ0) is 14.4. The second-order valence-electron chi connectivity index (χ2n) is 3.53. The van der Waals surface area contributed by atoms with Gasteiger partial charge in [0.1, 0.15) is 0 Å². The van der Waals surface area contributed by atoms with Gasteiger partial charge in [0, 0.05) is 20.8 Å². The molecule has 1 rings (SSSR count). The van der Waals surface area contributed by atoms with Crippen LogP contribution in [0.2, 0.25) is 0 Å². The van der Waals surface area contributed by atoms with Crippen LogP contribution in [0.1, 0.15) is 0 Å². The highest BCUT2D eigenvalue weighted by Crippen LogP contribution is 2.22. The van der Waals surface area contributed by atoms with Crippen molar-refractivity contribution < 1.29 is 19.4 Å². The molecule has 1 aromatic carbocycles. The Morgan fingerprint density at radius 3 is 2.74 bits per heavy atom. The maximum atomic E-state index is 11.6. The smallest absolute Gasteiger partial charge is 0.334 e. The normalized spacial score (nSPS) is 11.7. The van der Waals surface area contributed by atoms with E-state index in [1.54, 1.807) is 12.1 Å². The number of benzene rings is 1. The van der Waals surface area contributed by atoms with E-state index in [1.165, 1.54) is 7.11 Å². The molecule has 3 N–H and O–H groups in total. The minimum absolute atomic E-state index is 0.108. The van der Waals surface area contributed by atoms with E-state index >= 15 is 0 Å². The molecule has 0 saturated heterocycles. The van der Waals surface area contributed by atoms with Crippen molar-refractivity contribution in [1.82, 2.24) is 5.32 Å². The average molecular weight is 443 g/mol. The van der Waals surface area contributed by atoms with Gasteiger partial charge in [0.25, 0.3) is 0 Å². The molecule has 0 bridgehead atoms. The number of amides is 2. The summed E-state index contributed by atoms with van der Waals surface area (Å²) in [6.45, 7) is -0.108. The fourth-order valence-electron chi connectivity index (χ4n) is 1.21. The average Bonchev–Trinajstić information content (AvgIpc) is 2.34. The molecule has 0 radical (unpaired) electrons. The van der Waals surface area contributed by atoms with Crippen LogP contribution in [-0.2, 0) is 9.53 Å². The first-order valence-corrected chi connectivity index (χ1v) is 7.06. The van der Waals surface area contributed by atoms with Crippen LogP contribution >= 0.6 is 38.5 Å². The molecular formula is C11H12BrIN2O4. The van der Waals surface area contributed by atoms with Crippen LogP contribution in [0, 0.1) is 3.57 Å². The van der Waals surface area contributed by atoms with Gasteiger partial charge in [0.15, 0.2) is 6.10 Å². The van der Waals surface area contributed by atoms with Crippen molar-refractivity contribution in [3.8, 4) is 0 Å². The Morgan fingerprint density at radius 1 is 1.53 bits per heavy atom. The van der Waals surface area contributed by atoms with Gasteiger partial charge >= 0.3 is 12.0 Å². The summed E-state index contributed by atoms with van der Waals surface area (Å²) < 4.78 is 6.59. The molecule has 1 aromatic rings. The predicted octanol–water partition coefficient (Wildman–Crippen LogP) is 2.27. The molecule has 6 nitrogen and oxygen atoms in total. The lowest BCUT2D eigenvalue weighted by Gasteiger charge is -2.12. The highest BCUT2D eigenvalue weighted by Gasteiger charge is 2.17. The number of carboxylic acid groups (broad SMARTS) is 1. The van der Waals surface area contributed by atoms with Crippen LogP contribution in [-0.4, -0.2) is 36.9 Å². The third-order valence-electron chi connectivity index (χ3n) is 2.19. The van der Waals surface area contributed by atoms with E-state index in [0.29, 0.717) is 5.69 Å². The van der Waals surface area contributed by atoms with Crippen LogP contribution in [0.25, 0.3) is 0 Å². The lowest BCUT2D eigenvalue weighted by atomic mass is 10.3. The summed E-state index contributed by atoms with van der Waals surface area (Å²) in [5.41, 5.74) is 0.606. The number of anilines is 1. The molecule has 0 heterocycles. The number of carboxylic acids is 1. The van der Waals surface area contributed by atoms with Gasteiger partial charge in [0.05, 0.1) is 6.54 Å². The fourth-order valence-corrected chi connectivity index (χ4v) is 1.92. The Morgan fingerprint density at radius 2 is 2.21 bits per heavy atom. The second-order valence-corrected chi connectivity index (χ2v) is 5.54. The van der Waals surface area contributed by atoms with Crippen LogP contribution in [0.15, 0.2) is 22.7 Å². The lowest BCUT2D eigenvalue weighted by Crippen LogP contribution is -2.39. The van der Waals surface area contributed by atoms with E-state index in [2.05, 4.69) is 49.2 Å². The van der Waals surface area contributed by atoms with Crippen LogP contribution in [0.3, 0.4) is 0 Å². The minimum atomic E-state index is -1.13. The van der Waals surface area contributed by atoms with Gasteiger partial charge in [0.2, 0.25) is 0 Å². The highest BCUT2D eigenvalue weighted by molar-refractivity contribution is 14.1. The van der Waals surface area contributed by atoms with Crippen molar-refractivity contribution in [2.24, 2.45) is 0 Å². The van der Waals surface area contributed by atoms with Gasteiger partial charge in [-0.15, -0.1) is 0 Å². The second kappa shape index (κ2) is 7.65. The number of urea groups is 1. The molecule has 0 spiro atoms. The Labute approximate surface area is 132 Å². The van der Waals surface area contributed by atoms with Crippen molar-refractivity contribution >= 4 is 56.2 Å². The topological polar surface area (TPSA) is 87.7 Å². The Bertz CT molecular complexity index is 484.